The predicted molar refractivity (Wildman–Crippen MR) is 127 cm³/mol. The van der Waals surface area contributed by atoms with E-state index in [9.17, 15) is 4.79 Å². The highest BCUT2D eigenvalue weighted by atomic mass is 32.1. The van der Waals surface area contributed by atoms with Crippen LogP contribution in [0.4, 0.5) is 0 Å². The summed E-state index contributed by atoms with van der Waals surface area (Å²) in [4.78, 5) is 24.7. The van der Waals surface area contributed by atoms with Gasteiger partial charge >= 0.3 is 0 Å². The molecule has 31 heavy (non-hydrogen) atoms. The Morgan fingerprint density at radius 3 is 2.35 bits per heavy atom. The van der Waals surface area contributed by atoms with Crippen molar-refractivity contribution in [3.63, 3.8) is 0 Å². The number of hydrogen-bond acceptors (Lipinski definition) is 3. The van der Waals surface area contributed by atoms with Crippen molar-refractivity contribution in [1.82, 2.24) is 19.5 Å². The van der Waals surface area contributed by atoms with Gasteiger partial charge in [0, 0.05) is 22.5 Å². The molecule has 6 heteroatoms. The Kier molecular flexibility index (Phi) is 3.88. The van der Waals surface area contributed by atoms with Crippen molar-refractivity contribution in [1.29, 1.82) is 0 Å². The van der Waals surface area contributed by atoms with E-state index < -0.39 is 0 Å². The van der Waals surface area contributed by atoms with Crippen molar-refractivity contribution >= 4 is 44.9 Å². The Bertz CT molecular complexity index is 1730. The molecule has 3 aromatic carbocycles. The second-order valence-electron chi connectivity index (χ2n) is 7.39. The summed E-state index contributed by atoms with van der Waals surface area (Å²) in [6.07, 6.45) is 1.82. The highest BCUT2D eigenvalue weighted by Gasteiger charge is 2.16. The zero-order chi connectivity index (χ0) is 20.9. The molecule has 148 valence electrons. The lowest BCUT2D eigenvalue weighted by atomic mass is 10.1. The standard InChI is InChI=1S/C25H16N4OS/c30-24-18-9-4-5-11-19(18)27-25(31)29(24)20-12-6-10-16-17-13-14-26-21(23(17)28-22(16)20)15-7-2-1-3-8-15/h1-14,28H,(H,27,31). The van der Waals surface area contributed by atoms with Gasteiger partial charge in [0.15, 0.2) is 4.77 Å². The van der Waals surface area contributed by atoms with Gasteiger partial charge in [0.05, 0.1) is 33.3 Å². The van der Waals surface area contributed by atoms with E-state index in [0.717, 1.165) is 38.6 Å². The average molecular weight is 420 g/mol. The normalized spacial score (nSPS) is 11.5. The second-order valence-corrected chi connectivity index (χ2v) is 7.78. The molecule has 0 aliphatic heterocycles. The van der Waals surface area contributed by atoms with Crippen LogP contribution < -0.4 is 5.56 Å². The minimum absolute atomic E-state index is 0.146. The average Bonchev–Trinajstić information content (AvgIpc) is 3.19. The summed E-state index contributed by atoms with van der Waals surface area (Å²) in [7, 11) is 0. The van der Waals surface area contributed by atoms with Gasteiger partial charge in [-0.3, -0.25) is 14.3 Å². The van der Waals surface area contributed by atoms with Gasteiger partial charge in [0.25, 0.3) is 5.56 Å². The summed E-state index contributed by atoms with van der Waals surface area (Å²) >= 11 is 5.58. The Balaban J connectivity index is 1.71. The van der Waals surface area contributed by atoms with Crippen LogP contribution in [0.25, 0.3) is 49.7 Å². The molecular weight excluding hydrogens is 404 g/mol. The van der Waals surface area contributed by atoms with Gasteiger partial charge in [-0.15, -0.1) is 0 Å². The van der Waals surface area contributed by atoms with Gasteiger partial charge in [0.1, 0.15) is 0 Å². The molecule has 0 saturated carbocycles. The van der Waals surface area contributed by atoms with Gasteiger partial charge in [-0.2, -0.15) is 0 Å². The van der Waals surface area contributed by atoms with E-state index >= 15 is 0 Å². The third-order valence-corrected chi connectivity index (χ3v) is 5.91. The number of para-hydroxylation sites is 2. The lowest BCUT2D eigenvalue weighted by molar-refractivity contribution is 0.946. The summed E-state index contributed by atoms with van der Waals surface area (Å²) in [5.74, 6) is 0. The van der Waals surface area contributed by atoms with E-state index in [1.807, 2.05) is 85.1 Å². The predicted octanol–water partition coefficient (Wildman–Crippen LogP) is 5.74. The molecule has 0 aliphatic rings. The van der Waals surface area contributed by atoms with Crippen molar-refractivity contribution < 1.29 is 0 Å². The van der Waals surface area contributed by atoms with Crippen LogP contribution in [0.15, 0.2) is 89.9 Å². The Morgan fingerprint density at radius 1 is 0.742 bits per heavy atom. The maximum atomic E-state index is 13.3. The van der Waals surface area contributed by atoms with Crippen LogP contribution in [-0.2, 0) is 0 Å². The molecule has 6 aromatic rings. The van der Waals surface area contributed by atoms with E-state index in [1.165, 1.54) is 0 Å². The van der Waals surface area contributed by atoms with Crippen LogP contribution in [0.3, 0.4) is 0 Å². The lowest BCUT2D eigenvalue weighted by Crippen LogP contribution is -2.20. The number of nitrogens with one attached hydrogen (secondary N) is 2. The topological polar surface area (TPSA) is 66.5 Å². The monoisotopic (exact) mass is 420 g/mol. The quantitative estimate of drug-likeness (QED) is 0.351. The first kappa shape index (κ1) is 17.8. The summed E-state index contributed by atoms with van der Waals surface area (Å²) in [6.45, 7) is 0. The number of fused-ring (bicyclic) bond motifs is 4. The Morgan fingerprint density at radius 2 is 1.48 bits per heavy atom. The zero-order valence-corrected chi connectivity index (χ0v) is 17.1. The molecule has 0 unspecified atom stereocenters. The molecule has 3 aromatic heterocycles. The fourth-order valence-corrected chi connectivity index (χ4v) is 4.51. The van der Waals surface area contributed by atoms with Gasteiger partial charge in [-0.25, -0.2) is 0 Å². The maximum Gasteiger partial charge on any atom is 0.266 e. The number of pyridine rings is 1. The number of hydrogen-bond donors (Lipinski definition) is 2. The van der Waals surface area contributed by atoms with E-state index in [2.05, 4.69) is 15.0 Å². The van der Waals surface area contributed by atoms with Crippen molar-refractivity contribution in [2.45, 2.75) is 0 Å². The van der Waals surface area contributed by atoms with Gasteiger partial charge in [-0.05, 0) is 36.5 Å². The van der Waals surface area contributed by atoms with Crippen molar-refractivity contribution in [2.24, 2.45) is 0 Å². The Hall–Kier alpha value is -4.03. The number of aromatic amines is 2. The van der Waals surface area contributed by atoms with Gasteiger partial charge < -0.3 is 9.97 Å². The molecule has 0 saturated heterocycles. The maximum absolute atomic E-state index is 13.3. The molecule has 0 aliphatic carbocycles. The molecule has 0 bridgehead atoms. The summed E-state index contributed by atoms with van der Waals surface area (Å²) in [5.41, 5.74) is 4.97. The summed E-state index contributed by atoms with van der Waals surface area (Å²) < 4.78 is 1.92. The zero-order valence-electron chi connectivity index (χ0n) is 16.3. The van der Waals surface area contributed by atoms with Crippen LogP contribution in [-0.4, -0.2) is 19.5 Å². The lowest BCUT2D eigenvalue weighted by Gasteiger charge is -2.09. The number of H-pyrrole nitrogens is 2. The van der Waals surface area contributed by atoms with E-state index in [1.54, 1.807) is 4.57 Å². The highest BCUT2D eigenvalue weighted by Crippen LogP contribution is 2.33. The number of benzene rings is 3. The van der Waals surface area contributed by atoms with E-state index in [0.29, 0.717) is 15.8 Å². The Labute approximate surface area is 181 Å². The molecular formula is C25H16N4OS. The van der Waals surface area contributed by atoms with Crippen LogP contribution in [0.1, 0.15) is 0 Å². The van der Waals surface area contributed by atoms with Gasteiger partial charge in [0.2, 0.25) is 0 Å². The second kappa shape index (κ2) is 6.75. The highest BCUT2D eigenvalue weighted by molar-refractivity contribution is 7.71. The van der Waals surface area contributed by atoms with Gasteiger partial charge in [-0.1, -0.05) is 54.6 Å². The fraction of sp³-hybridized carbons (Fsp3) is 0. The van der Waals surface area contributed by atoms with Crippen LogP contribution in [0.5, 0.6) is 0 Å². The molecule has 2 N–H and O–H groups in total. The largest absolute Gasteiger partial charge is 0.351 e. The number of aromatic nitrogens is 4. The molecule has 0 radical (unpaired) electrons. The molecule has 0 spiro atoms. The van der Waals surface area contributed by atoms with Crippen molar-refractivity contribution in [2.75, 3.05) is 0 Å². The summed E-state index contributed by atoms with van der Waals surface area (Å²) in [6, 6.07) is 25.4. The molecule has 6 rings (SSSR count). The molecule has 3 heterocycles. The van der Waals surface area contributed by atoms with Crippen molar-refractivity contribution in [3.05, 3.63) is 100 Å². The molecule has 0 fully saturated rings. The number of rotatable bonds is 2. The first-order valence-corrected chi connectivity index (χ1v) is 10.3. The SMILES string of the molecule is O=c1c2ccccc2[nH]c(=S)n1-c1cccc2c1[nH]c1c(-c3ccccc3)nccc12. The molecule has 0 amide bonds. The minimum Gasteiger partial charge on any atom is -0.351 e. The number of nitrogens with zero attached hydrogens (tertiary/aromatic N) is 2. The third kappa shape index (κ3) is 2.65. The molecule has 5 nitrogen and oxygen atoms in total. The van der Waals surface area contributed by atoms with Crippen molar-refractivity contribution in [3.8, 4) is 16.9 Å². The van der Waals surface area contributed by atoms with E-state index in [4.69, 9.17) is 12.2 Å². The summed E-state index contributed by atoms with van der Waals surface area (Å²) in [5, 5.41) is 2.66. The smallest absolute Gasteiger partial charge is 0.266 e. The minimum atomic E-state index is -0.146. The van der Waals surface area contributed by atoms with Crippen LogP contribution >= 0.6 is 12.2 Å². The fourth-order valence-electron chi connectivity index (χ4n) is 4.22. The van der Waals surface area contributed by atoms with Crippen LogP contribution in [0, 0.1) is 4.77 Å². The third-order valence-electron chi connectivity index (χ3n) is 5.63. The first-order chi connectivity index (χ1) is 15.2. The van der Waals surface area contributed by atoms with Crippen LogP contribution in [0.2, 0.25) is 0 Å². The molecule has 0 atom stereocenters. The van der Waals surface area contributed by atoms with E-state index in [-0.39, 0.29) is 5.56 Å². The first-order valence-electron chi connectivity index (χ1n) is 9.91.